The fraction of sp³-hybridized carbons (Fsp3) is 0.667. The van der Waals surface area contributed by atoms with Crippen molar-refractivity contribution in [1.29, 1.82) is 0 Å². The Morgan fingerprint density at radius 1 is 1.40 bits per heavy atom. The Hall–Kier alpha value is -1.57. The number of aliphatic carboxylic acids is 1. The van der Waals surface area contributed by atoms with Gasteiger partial charge in [0.2, 0.25) is 0 Å². The largest absolute Gasteiger partial charge is 0.481 e. The molecule has 0 saturated heterocycles. The number of carboxylic acid groups (broad SMARTS) is 1. The topological polar surface area (TPSA) is 77.8 Å². The number of allylic oxidation sites excluding steroid dienone is 2. The van der Waals surface area contributed by atoms with Gasteiger partial charge in [0.25, 0.3) is 0 Å². The van der Waals surface area contributed by atoms with Crippen molar-refractivity contribution in [1.82, 2.24) is 0 Å². The summed E-state index contributed by atoms with van der Waals surface area (Å²) in [6, 6.07) is 0. The minimum absolute atomic E-state index is 0.113. The molecule has 0 aliphatic heterocycles. The molecule has 2 aliphatic rings. The molecule has 2 saturated carbocycles. The zero-order chi connectivity index (χ0) is 18.2. The molecule has 0 unspecified atom stereocenters. The van der Waals surface area contributed by atoms with Gasteiger partial charge in [-0.3, -0.25) is 4.79 Å². The summed E-state index contributed by atoms with van der Waals surface area (Å²) in [4.78, 5) is 10.6. The van der Waals surface area contributed by atoms with Gasteiger partial charge in [0.05, 0.1) is 12.2 Å². The number of hydrogen-bond donors (Lipinski definition) is 3. The van der Waals surface area contributed by atoms with E-state index in [2.05, 4.69) is 17.9 Å². The molecule has 0 spiro atoms. The average molecular weight is 346 g/mol. The Bertz CT molecular complexity index is 566. The molecule has 4 nitrogen and oxygen atoms in total. The lowest BCUT2D eigenvalue weighted by atomic mass is 9.90. The minimum Gasteiger partial charge on any atom is -0.481 e. The molecule has 0 heterocycles. The van der Waals surface area contributed by atoms with Crippen molar-refractivity contribution in [3.8, 4) is 11.8 Å². The standard InChI is InChI=1S/C21H30O4/c1-2-3-4-8-17(22)10-11-18-19-13-15(7-5-6-9-21(24)25)12-16(19)14-20(18)23/h7,10-11,16-20,22-23H,4-6,8-9,12-14H2,1H3,(H,24,25)/b11-10+,15-7+/t16-,17-,18+,19-,20+/m0/s1. The molecule has 0 aromatic rings. The molecule has 25 heavy (non-hydrogen) atoms. The molecule has 138 valence electrons. The highest BCUT2D eigenvalue weighted by Crippen LogP contribution is 2.50. The first kappa shape index (κ1) is 19.8. The molecule has 0 aromatic carbocycles. The number of aliphatic hydroxyl groups excluding tert-OH is 2. The highest BCUT2D eigenvalue weighted by Gasteiger charge is 2.44. The Morgan fingerprint density at radius 3 is 2.92 bits per heavy atom. The summed E-state index contributed by atoms with van der Waals surface area (Å²) < 4.78 is 0. The van der Waals surface area contributed by atoms with Crippen molar-refractivity contribution in [3.63, 3.8) is 0 Å². The molecule has 0 bridgehead atoms. The van der Waals surface area contributed by atoms with Gasteiger partial charge in [-0.05, 0) is 57.3 Å². The maximum Gasteiger partial charge on any atom is 0.303 e. The average Bonchev–Trinajstić information content (AvgIpc) is 3.06. The molecule has 4 heteroatoms. The van der Waals surface area contributed by atoms with Gasteiger partial charge in [-0.25, -0.2) is 0 Å². The van der Waals surface area contributed by atoms with Gasteiger partial charge in [-0.2, -0.15) is 0 Å². The first-order chi connectivity index (χ1) is 12.0. The minimum atomic E-state index is -0.738. The van der Waals surface area contributed by atoms with Crippen LogP contribution < -0.4 is 0 Å². The van der Waals surface area contributed by atoms with Crippen LogP contribution in [0.1, 0.15) is 58.3 Å². The van der Waals surface area contributed by atoms with Crippen molar-refractivity contribution < 1.29 is 20.1 Å². The van der Waals surface area contributed by atoms with Crippen LogP contribution in [0.2, 0.25) is 0 Å². The first-order valence-corrected chi connectivity index (χ1v) is 9.35. The summed E-state index contributed by atoms with van der Waals surface area (Å²) in [5.41, 5.74) is 1.41. The summed E-state index contributed by atoms with van der Waals surface area (Å²) in [7, 11) is 0. The van der Waals surface area contributed by atoms with Gasteiger partial charge in [-0.1, -0.05) is 23.8 Å². The van der Waals surface area contributed by atoms with E-state index in [0.29, 0.717) is 31.1 Å². The van der Waals surface area contributed by atoms with Crippen molar-refractivity contribution in [2.24, 2.45) is 17.8 Å². The Balaban J connectivity index is 1.85. The molecular weight excluding hydrogens is 316 g/mol. The van der Waals surface area contributed by atoms with Crippen LogP contribution in [0, 0.1) is 29.6 Å². The van der Waals surface area contributed by atoms with Crippen LogP contribution in [-0.2, 0) is 4.79 Å². The molecule has 5 atom stereocenters. The van der Waals surface area contributed by atoms with E-state index in [-0.39, 0.29) is 18.4 Å². The molecule has 0 amide bonds. The third-order valence-corrected chi connectivity index (χ3v) is 5.44. The van der Waals surface area contributed by atoms with Crippen LogP contribution in [0.4, 0.5) is 0 Å². The number of carboxylic acids is 1. The lowest BCUT2D eigenvalue weighted by Gasteiger charge is -2.17. The van der Waals surface area contributed by atoms with Crippen LogP contribution in [0.25, 0.3) is 0 Å². The van der Waals surface area contributed by atoms with Gasteiger partial charge in [0, 0.05) is 18.8 Å². The van der Waals surface area contributed by atoms with E-state index in [1.165, 1.54) is 5.57 Å². The second kappa shape index (κ2) is 9.79. The lowest BCUT2D eigenvalue weighted by Crippen LogP contribution is -2.17. The van der Waals surface area contributed by atoms with Crippen molar-refractivity contribution in [3.05, 3.63) is 23.8 Å². The Labute approximate surface area is 150 Å². The van der Waals surface area contributed by atoms with E-state index in [4.69, 9.17) is 5.11 Å². The molecule has 3 N–H and O–H groups in total. The van der Waals surface area contributed by atoms with Gasteiger partial charge in [0.15, 0.2) is 0 Å². The summed E-state index contributed by atoms with van der Waals surface area (Å²) in [6.07, 6.45) is 11.1. The predicted octanol–water partition coefficient (Wildman–Crippen LogP) is 3.30. The summed E-state index contributed by atoms with van der Waals surface area (Å²) in [6.45, 7) is 1.80. The highest BCUT2D eigenvalue weighted by atomic mass is 16.4. The molecular formula is C21H30O4. The first-order valence-electron chi connectivity index (χ1n) is 9.35. The summed E-state index contributed by atoms with van der Waals surface area (Å²) in [5, 5.41) is 29.0. The summed E-state index contributed by atoms with van der Waals surface area (Å²) in [5.74, 6) is 6.11. The summed E-state index contributed by atoms with van der Waals surface area (Å²) >= 11 is 0. The van der Waals surface area contributed by atoms with Crippen molar-refractivity contribution in [2.75, 3.05) is 0 Å². The maximum atomic E-state index is 10.6. The van der Waals surface area contributed by atoms with E-state index >= 15 is 0 Å². The number of rotatable bonds is 8. The van der Waals surface area contributed by atoms with Crippen LogP contribution in [0.15, 0.2) is 23.8 Å². The smallest absolute Gasteiger partial charge is 0.303 e. The third-order valence-electron chi connectivity index (χ3n) is 5.44. The van der Waals surface area contributed by atoms with Gasteiger partial charge in [-0.15, -0.1) is 11.8 Å². The second-order valence-electron chi connectivity index (χ2n) is 7.28. The van der Waals surface area contributed by atoms with E-state index in [1.807, 2.05) is 12.2 Å². The van der Waals surface area contributed by atoms with Crippen molar-refractivity contribution in [2.45, 2.75) is 70.5 Å². The monoisotopic (exact) mass is 346 g/mol. The third kappa shape index (κ3) is 6.02. The van der Waals surface area contributed by atoms with Crippen LogP contribution in [0.3, 0.4) is 0 Å². The SMILES string of the molecule is CC#CCC[C@H](O)/C=C/[C@@H]1[C@H]2C/C(=C/CCCC(=O)O)C[C@H]2C[C@H]1O. The van der Waals surface area contributed by atoms with E-state index in [0.717, 1.165) is 25.7 Å². The van der Waals surface area contributed by atoms with Crippen LogP contribution >= 0.6 is 0 Å². The number of aliphatic hydroxyl groups is 2. The Morgan fingerprint density at radius 2 is 2.20 bits per heavy atom. The van der Waals surface area contributed by atoms with Crippen LogP contribution in [0.5, 0.6) is 0 Å². The van der Waals surface area contributed by atoms with Gasteiger partial charge < -0.3 is 15.3 Å². The van der Waals surface area contributed by atoms with E-state index in [9.17, 15) is 15.0 Å². The second-order valence-corrected chi connectivity index (χ2v) is 7.28. The quantitative estimate of drug-likeness (QED) is 0.358. The highest BCUT2D eigenvalue weighted by molar-refractivity contribution is 5.66. The fourth-order valence-corrected chi connectivity index (χ4v) is 4.20. The molecule has 0 aromatic heterocycles. The lowest BCUT2D eigenvalue weighted by molar-refractivity contribution is -0.137. The number of hydrogen-bond acceptors (Lipinski definition) is 3. The van der Waals surface area contributed by atoms with E-state index < -0.39 is 12.1 Å². The number of fused-ring (bicyclic) bond motifs is 1. The maximum absolute atomic E-state index is 10.6. The zero-order valence-corrected chi connectivity index (χ0v) is 15.0. The molecule has 2 aliphatic carbocycles. The van der Waals surface area contributed by atoms with Crippen molar-refractivity contribution >= 4 is 5.97 Å². The molecule has 2 fully saturated rings. The van der Waals surface area contributed by atoms with Crippen LogP contribution in [-0.4, -0.2) is 33.5 Å². The number of unbranched alkanes of at least 4 members (excludes halogenated alkanes) is 1. The molecule has 0 radical (unpaired) electrons. The van der Waals surface area contributed by atoms with Gasteiger partial charge >= 0.3 is 5.97 Å². The van der Waals surface area contributed by atoms with Gasteiger partial charge in [0.1, 0.15) is 0 Å². The predicted molar refractivity (Wildman–Crippen MR) is 97.7 cm³/mol. The zero-order valence-electron chi connectivity index (χ0n) is 15.0. The Kier molecular flexibility index (Phi) is 7.74. The van der Waals surface area contributed by atoms with E-state index in [1.54, 1.807) is 6.92 Å². The molecule has 2 rings (SSSR count). The normalized spacial score (nSPS) is 31.1. The number of carbonyl (C=O) groups is 1. The fourth-order valence-electron chi connectivity index (χ4n) is 4.20.